The van der Waals surface area contributed by atoms with Crippen LogP contribution in [0.15, 0.2) is 55.1 Å². The molecule has 1 atom stereocenters. The maximum Gasteiger partial charge on any atom is 0.252 e. The fourth-order valence-corrected chi connectivity index (χ4v) is 4.09. The second kappa shape index (κ2) is 11.2. The smallest absolute Gasteiger partial charge is 0.252 e. The van der Waals surface area contributed by atoms with E-state index in [1.165, 1.54) is 24.7 Å². The number of anilines is 3. The lowest BCUT2D eigenvalue weighted by molar-refractivity contribution is -0.118. The highest BCUT2D eigenvalue weighted by Crippen LogP contribution is 2.29. The van der Waals surface area contributed by atoms with Gasteiger partial charge < -0.3 is 16.0 Å². The van der Waals surface area contributed by atoms with Crippen molar-refractivity contribution in [2.45, 2.75) is 38.1 Å². The number of hydrogen-bond acceptors (Lipinski definition) is 7. The molecule has 1 fully saturated rings. The summed E-state index contributed by atoms with van der Waals surface area (Å²) < 4.78 is 13.9. The summed E-state index contributed by atoms with van der Waals surface area (Å²) >= 11 is 0. The molecule has 2 aromatic heterocycles. The third kappa shape index (κ3) is 6.35. The zero-order chi connectivity index (χ0) is 24.6. The molecular formula is C25H24FN7O2. The quantitative estimate of drug-likeness (QED) is 0.451. The Morgan fingerprint density at radius 2 is 1.97 bits per heavy atom. The SMILES string of the molecule is N#Cc1cnc(NC(=O)[C@H](CC2CCCC2)NC(=O)c2cccc(Nc3ccncc3F)c2)cn1. The molecule has 10 heteroatoms. The van der Waals surface area contributed by atoms with Gasteiger partial charge in [0.15, 0.2) is 17.3 Å². The highest BCUT2D eigenvalue weighted by Gasteiger charge is 2.27. The Labute approximate surface area is 201 Å². The molecule has 1 aliphatic rings. The largest absolute Gasteiger partial charge is 0.353 e. The van der Waals surface area contributed by atoms with Crippen molar-refractivity contribution in [2.24, 2.45) is 5.92 Å². The molecular weight excluding hydrogens is 449 g/mol. The zero-order valence-electron chi connectivity index (χ0n) is 18.9. The van der Waals surface area contributed by atoms with E-state index in [1.807, 2.05) is 6.07 Å². The van der Waals surface area contributed by atoms with E-state index >= 15 is 0 Å². The van der Waals surface area contributed by atoms with Crippen molar-refractivity contribution < 1.29 is 14.0 Å². The number of amides is 2. The predicted octanol–water partition coefficient (Wildman–Crippen LogP) is 3.94. The standard InChI is InChI=1S/C25H24FN7O2/c26-20-14-28-9-8-21(20)31-18-7-3-6-17(11-18)24(34)32-22(10-16-4-1-2-5-16)25(35)33-23-15-29-19(12-27)13-30-23/h3,6-9,11,13-16,22H,1-2,4-5,10H2,(H,28,31)(H,32,34)(H,30,33,35)/t22-/m0/s1. The molecule has 0 unspecified atom stereocenters. The highest BCUT2D eigenvalue weighted by molar-refractivity contribution is 6.01. The molecule has 178 valence electrons. The van der Waals surface area contributed by atoms with Crippen LogP contribution >= 0.6 is 0 Å². The molecule has 0 radical (unpaired) electrons. The lowest BCUT2D eigenvalue weighted by atomic mass is 9.97. The van der Waals surface area contributed by atoms with Crippen LogP contribution in [0, 0.1) is 23.1 Å². The molecule has 1 saturated carbocycles. The second-order valence-electron chi connectivity index (χ2n) is 8.36. The summed E-state index contributed by atoms with van der Waals surface area (Å²) in [5.41, 5.74) is 1.22. The van der Waals surface area contributed by atoms with Gasteiger partial charge in [0.05, 0.1) is 24.3 Å². The molecule has 0 aliphatic heterocycles. The van der Waals surface area contributed by atoms with Crippen LogP contribution in [0.5, 0.6) is 0 Å². The van der Waals surface area contributed by atoms with Crippen LogP contribution in [0.1, 0.15) is 48.2 Å². The van der Waals surface area contributed by atoms with E-state index in [4.69, 9.17) is 5.26 Å². The average molecular weight is 474 g/mol. The van der Waals surface area contributed by atoms with E-state index in [2.05, 4.69) is 30.9 Å². The Morgan fingerprint density at radius 1 is 1.14 bits per heavy atom. The normalized spacial score (nSPS) is 14.1. The van der Waals surface area contributed by atoms with Gasteiger partial charge in [-0.3, -0.25) is 14.6 Å². The van der Waals surface area contributed by atoms with Gasteiger partial charge in [-0.2, -0.15) is 5.26 Å². The Hall–Kier alpha value is -4.39. The fourth-order valence-electron chi connectivity index (χ4n) is 4.09. The number of nitrogens with one attached hydrogen (secondary N) is 3. The minimum Gasteiger partial charge on any atom is -0.353 e. The van der Waals surface area contributed by atoms with Crippen molar-refractivity contribution in [3.05, 3.63) is 72.2 Å². The van der Waals surface area contributed by atoms with Gasteiger partial charge in [0.2, 0.25) is 5.91 Å². The molecule has 35 heavy (non-hydrogen) atoms. The Morgan fingerprint density at radius 3 is 2.69 bits per heavy atom. The molecule has 3 aromatic rings. The first-order valence-electron chi connectivity index (χ1n) is 11.3. The van der Waals surface area contributed by atoms with E-state index in [0.717, 1.165) is 31.9 Å². The van der Waals surface area contributed by atoms with Crippen LogP contribution in [0.4, 0.5) is 21.6 Å². The molecule has 0 saturated heterocycles. The molecule has 9 nitrogen and oxygen atoms in total. The van der Waals surface area contributed by atoms with Gasteiger partial charge in [-0.05, 0) is 36.6 Å². The summed E-state index contributed by atoms with van der Waals surface area (Å²) in [6, 6.07) is 9.19. The first kappa shape index (κ1) is 23.8. The number of halogens is 1. The van der Waals surface area contributed by atoms with Crippen LogP contribution in [-0.4, -0.2) is 32.8 Å². The number of nitriles is 1. The van der Waals surface area contributed by atoms with Gasteiger partial charge in [0, 0.05) is 17.4 Å². The molecule has 2 heterocycles. The molecule has 2 amide bonds. The Bertz CT molecular complexity index is 1240. The monoisotopic (exact) mass is 473 g/mol. The van der Waals surface area contributed by atoms with Crippen LogP contribution in [0.2, 0.25) is 0 Å². The summed E-state index contributed by atoms with van der Waals surface area (Å²) in [6.45, 7) is 0. The molecule has 1 aromatic carbocycles. The van der Waals surface area contributed by atoms with Crippen molar-refractivity contribution in [1.82, 2.24) is 20.3 Å². The Kier molecular flexibility index (Phi) is 7.57. The maximum atomic E-state index is 13.9. The van der Waals surface area contributed by atoms with E-state index in [1.54, 1.807) is 24.3 Å². The minimum absolute atomic E-state index is 0.138. The lowest BCUT2D eigenvalue weighted by Crippen LogP contribution is -2.45. The van der Waals surface area contributed by atoms with Crippen LogP contribution < -0.4 is 16.0 Å². The predicted molar refractivity (Wildman–Crippen MR) is 127 cm³/mol. The first-order chi connectivity index (χ1) is 17.0. The summed E-state index contributed by atoms with van der Waals surface area (Å²) in [7, 11) is 0. The molecule has 0 bridgehead atoms. The summed E-state index contributed by atoms with van der Waals surface area (Å²) in [6.07, 6.45) is 9.86. The number of carbonyl (C=O) groups excluding carboxylic acids is 2. The number of aromatic nitrogens is 3. The van der Waals surface area contributed by atoms with Gasteiger partial charge in [-0.15, -0.1) is 0 Å². The summed E-state index contributed by atoms with van der Waals surface area (Å²) in [5.74, 6) is -0.808. The zero-order valence-corrected chi connectivity index (χ0v) is 18.9. The van der Waals surface area contributed by atoms with Crippen molar-refractivity contribution in [2.75, 3.05) is 10.6 Å². The topological polar surface area (TPSA) is 133 Å². The van der Waals surface area contributed by atoms with E-state index in [0.29, 0.717) is 23.6 Å². The van der Waals surface area contributed by atoms with Crippen LogP contribution in [0.25, 0.3) is 0 Å². The van der Waals surface area contributed by atoms with Crippen molar-refractivity contribution in [1.29, 1.82) is 5.26 Å². The fraction of sp³-hybridized carbons (Fsp3) is 0.280. The van der Waals surface area contributed by atoms with Crippen molar-refractivity contribution in [3.8, 4) is 6.07 Å². The number of carbonyl (C=O) groups is 2. The summed E-state index contributed by atoms with van der Waals surface area (Å²) in [4.78, 5) is 37.8. The second-order valence-corrected chi connectivity index (χ2v) is 8.36. The van der Waals surface area contributed by atoms with Crippen LogP contribution in [-0.2, 0) is 4.79 Å². The van der Waals surface area contributed by atoms with Gasteiger partial charge >= 0.3 is 0 Å². The highest BCUT2D eigenvalue weighted by atomic mass is 19.1. The average Bonchev–Trinajstić information content (AvgIpc) is 3.39. The number of rotatable bonds is 8. The number of pyridine rings is 1. The number of benzene rings is 1. The van der Waals surface area contributed by atoms with E-state index < -0.39 is 23.7 Å². The first-order valence-corrected chi connectivity index (χ1v) is 11.3. The van der Waals surface area contributed by atoms with Gasteiger partial charge in [0.25, 0.3) is 5.91 Å². The molecule has 1 aliphatic carbocycles. The van der Waals surface area contributed by atoms with Crippen molar-refractivity contribution in [3.63, 3.8) is 0 Å². The van der Waals surface area contributed by atoms with Gasteiger partial charge in [-0.1, -0.05) is 31.7 Å². The molecule has 4 rings (SSSR count). The third-order valence-corrected chi connectivity index (χ3v) is 5.86. The van der Waals surface area contributed by atoms with Crippen LogP contribution in [0.3, 0.4) is 0 Å². The van der Waals surface area contributed by atoms with Gasteiger partial charge in [0.1, 0.15) is 12.1 Å². The lowest BCUT2D eigenvalue weighted by Gasteiger charge is -2.21. The Balaban J connectivity index is 1.47. The molecule has 3 N–H and O–H groups in total. The number of hydrogen-bond donors (Lipinski definition) is 3. The number of nitrogens with zero attached hydrogens (tertiary/aromatic N) is 4. The maximum absolute atomic E-state index is 13.9. The van der Waals surface area contributed by atoms with Gasteiger partial charge in [-0.25, -0.2) is 14.4 Å². The molecule has 0 spiro atoms. The van der Waals surface area contributed by atoms with E-state index in [-0.39, 0.29) is 17.2 Å². The van der Waals surface area contributed by atoms with Crippen molar-refractivity contribution >= 4 is 29.0 Å². The third-order valence-electron chi connectivity index (χ3n) is 5.86. The minimum atomic E-state index is -0.780. The summed E-state index contributed by atoms with van der Waals surface area (Å²) in [5, 5.41) is 17.3. The van der Waals surface area contributed by atoms with E-state index in [9.17, 15) is 14.0 Å².